The highest BCUT2D eigenvalue weighted by atomic mass is 32.1. The summed E-state index contributed by atoms with van der Waals surface area (Å²) in [5.74, 6) is 1.93. The van der Waals surface area contributed by atoms with Crippen LogP contribution in [0.25, 0.3) is 0 Å². The summed E-state index contributed by atoms with van der Waals surface area (Å²) in [5, 5.41) is 0. The number of hydrogen-bond acceptors (Lipinski definition) is 2. The van der Waals surface area contributed by atoms with Crippen molar-refractivity contribution in [2.24, 2.45) is 11.3 Å². The molecule has 2 heteroatoms. The van der Waals surface area contributed by atoms with Gasteiger partial charge in [-0.25, -0.2) is 0 Å². The van der Waals surface area contributed by atoms with Crippen LogP contribution >= 0.6 is 12.6 Å². The van der Waals surface area contributed by atoms with Gasteiger partial charge in [0.25, 0.3) is 0 Å². The predicted molar refractivity (Wildman–Crippen MR) is 83.4 cm³/mol. The van der Waals surface area contributed by atoms with Gasteiger partial charge in [0.15, 0.2) is 0 Å². The Morgan fingerprint density at radius 3 is 2.33 bits per heavy atom. The third-order valence-electron chi connectivity index (χ3n) is 4.85. The van der Waals surface area contributed by atoms with Gasteiger partial charge in [0.1, 0.15) is 0 Å². The maximum Gasteiger partial charge on any atom is 0.00966 e. The Morgan fingerprint density at radius 1 is 1.17 bits per heavy atom. The van der Waals surface area contributed by atoms with Gasteiger partial charge in [-0.3, -0.25) is 4.90 Å². The lowest BCUT2D eigenvalue weighted by Crippen LogP contribution is -2.42. The highest BCUT2D eigenvalue weighted by Crippen LogP contribution is 2.40. The summed E-state index contributed by atoms with van der Waals surface area (Å²) in [6.45, 7) is 7.34. The summed E-state index contributed by atoms with van der Waals surface area (Å²) in [4.78, 5) is 2.81. The molecule has 2 rings (SSSR count). The van der Waals surface area contributed by atoms with E-state index in [1.54, 1.807) is 0 Å². The molecule has 0 aromatic rings. The van der Waals surface area contributed by atoms with Gasteiger partial charge in [-0.2, -0.15) is 12.6 Å². The standard InChI is InChI=1S/C16H31NS/c1-14(2)8-11-17(15-6-7-15)12-16(13-18)9-4-3-5-10-16/h14-15,18H,3-13H2,1-2H3. The molecule has 0 saturated heterocycles. The Labute approximate surface area is 119 Å². The molecule has 1 nitrogen and oxygen atoms in total. The molecule has 0 N–H and O–H groups in total. The molecule has 0 aromatic carbocycles. The molecule has 0 amide bonds. The highest BCUT2D eigenvalue weighted by Gasteiger charge is 2.37. The summed E-state index contributed by atoms with van der Waals surface area (Å²) in [7, 11) is 0. The Balaban J connectivity index is 1.89. The zero-order valence-corrected chi connectivity index (χ0v) is 13.2. The van der Waals surface area contributed by atoms with E-state index in [1.807, 2.05) is 0 Å². The zero-order chi connectivity index (χ0) is 13.0. The van der Waals surface area contributed by atoms with Crippen molar-refractivity contribution in [3.63, 3.8) is 0 Å². The molecular weight excluding hydrogens is 238 g/mol. The topological polar surface area (TPSA) is 3.24 Å². The molecule has 0 spiro atoms. The molecule has 0 unspecified atom stereocenters. The molecular formula is C16H31NS. The van der Waals surface area contributed by atoms with Gasteiger partial charge in [-0.05, 0) is 55.7 Å². The molecule has 0 atom stereocenters. The van der Waals surface area contributed by atoms with Crippen LogP contribution in [0, 0.1) is 11.3 Å². The Kier molecular flexibility index (Phi) is 5.44. The van der Waals surface area contributed by atoms with Gasteiger partial charge in [-0.15, -0.1) is 0 Å². The second kappa shape index (κ2) is 6.65. The number of thiol groups is 1. The maximum atomic E-state index is 4.69. The lowest BCUT2D eigenvalue weighted by atomic mass is 9.75. The Morgan fingerprint density at radius 2 is 1.83 bits per heavy atom. The molecule has 0 radical (unpaired) electrons. The SMILES string of the molecule is CC(C)CCN(CC1(CS)CCCCC1)C1CC1. The minimum absolute atomic E-state index is 0.543. The monoisotopic (exact) mass is 269 g/mol. The smallest absolute Gasteiger partial charge is 0.00966 e. The van der Waals surface area contributed by atoms with Crippen molar-refractivity contribution in [3.8, 4) is 0 Å². The minimum atomic E-state index is 0.543. The van der Waals surface area contributed by atoms with Gasteiger partial charge in [0.2, 0.25) is 0 Å². The van der Waals surface area contributed by atoms with E-state index in [9.17, 15) is 0 Å². The van der Waals surface area contributed by atoms with E-state index in [2.05, 4.69) is 18.7 Å². The van der Waals surface area contributed by atoms with Crippen molar-refractivity contribution < 1.29 is 0 Å². The van der Waals surface area contributed by atoms with Crippen LogP contribution in [0.3, 0.4) is 0 Å². The first-order valence-corrected chi connectivity index (χ1v) is 8.63. The van der Waals surface area contributed by atoms with E-state index in [4.69, 9.17) is 12.6 Å². The first-order chi connectivity index (χ1) is 8.65. The van der Waals surface area contributed by atoms with E-state index in [0.717, 1.165) is 17.7 Å². The predicted octanol–water partition coefficient (Wildman–Crippen LogP) is 4.38. The van der Waals surface area contributed by atoms with Crippen LogP contribution in [0.4, 0.5) is 0 Å². The summed E-state index contributed by atoms with van der Waals surface area (Å²) in [6.07, 6.45) is 11.4. The van der Waals surface area contributed by atoms with Crippen molar-refractivity contribution in [1.29, 1.82) is 0 Å². The molecule has 0 aromatic heterocycles. The number of nitrogens with zero attached hydrogens (tertiary/aromatic N) is 1. The van der Waals surface area contributed by atoms with Crippen molar-refractivity contribution >= 4 is 12.6 Å². The van der Waals surface area contributed by atoms with Crippen LogP contribution in [0.1, 0.15) is 65.2 Å². The summed E-state index contributed by atoms with van der Waals surface area (Å²) in [5.41, 5.74) is 0.543. The first kappa shape index (κ1) is 14.7. The van der Waals surface area contributed by atoms with Crippen LogP contribution in [0.5, 0.6) is 0 Å². The fraction of sp³-hybridized carbons (Fsp3) is 1.00. The second-order valence-electron chi connectivity index (χ2n) is 7.10. The van der Waals surface area contributed by atoms with Crippen LogP contribution in [0.15, 0.2) is 0 Å². The van der Waals surface area contributed by atoms with Crippen molar-refractivity contribution in [3.05, 3.63) is 0 Å². The lowest BCUT2D eigenvalue weighted by Gasteiger charge is -2.40. The summed E-state index contributed by atoms with van der Waals surface area (Å²) >= 11 is 4.69. The van der Waals surface area contributed by atoms with E-state index in [0.29, 0.717) is 5.41 Å². The molecule has 2 aliphatic rings. The van der Waals surface area contributed by atoms with Gasteiger partial charge in [0, 0.05) is 12.6 Å². The molecule has 2 fully saturated rings. The average molecular weight is 269 g/mol. The Hall–Kier alpha value is 0.310. The van der Waals surface area contributed by atoms with E-state index >= 15 is 0 Å². The van der Waals surface area contributed by atoms with Crippen molar-refractivity contribution in [2.75, 3.05) is 18.8 Å². The zero-order valence-electron chi connectivity index (χ0n) is 12.3. The molecule has 0 bridgehead atoms. The summed E-state index contributed by atoms with van der Waals surface area (Å²) < 4.78 is 0. The van der Waals surface area contributed by atoms with Gasteiger partial charge in [-0.1, -0.05) is 33.1 Å². The minimum Gasteiger partial charge on any atom is -0.300 e. The fourth-order valence-corrected chi connectivity index (χ4v) is 3.77. The maximum absolute atomic E-state index is 4.69. The van der Waals surface area contributed by atoms with Crippen LogP contribution in [-0.2, 0) is 0 Å². The van der Waals surface area contributed by atoms with Crippen LogP contribution in [-0.4, -0.2) is 29.8 Å². The highest BCUT2D eigenvalue weighted by molar-refractivity contribution is 7.80. The van der Waals surface area contributed by atoms with Crippen LogP contribution < -0.4 is 0 Å². The Bertz CT molecular complexity index is 241. The summed E-state index contributed by atoms with van der Waals surface area (Å²) in [6, 6.07) is 0.919. The van der Waals surface area contributed by atoms with Gasteiger partial charge < -0.3 is 0 Å². The quantitative estimate of drug-likeness (QED) is 0.671. The number of hydrogen-bond donors (Lipinski definition) is 1. The van der Waals surface area contributed by atoms with Crippen molar-refractivity contribution in [2.45, 2.75) is 71.3 Å². The third kappa shape index (κ3) is 4.16. The van der Waals surface area contributed by atoms with E-state index in [-0.39, 0.29) is 0 Å². The van der Waals surface area contributed by atoms with Gasteiger partial charge >= 0.3 is 0 Å². The molecule has 2 saturated carbocycles. The largest absolute Gasteiger partial charge is 0.300 e. The molecule has 2 aliphatic carbocycles. The third-order valence-corrected chi connectivity index (χ3v) is 5.52. The van der Waals surface area contributed by atoms with E-state index < -0.39 is 0 Å². The fourth-order valence-electron chi connectivity index (χ4n) is 3.35. The molecule has 106 valence electrons. The molecule has 0 heterocycles. The normalized spacial score (nSPS) is 23.8. The molecule has 0 aliphatic heterocycles. The first-order valence-electron chi connectivity index (χ1n) is 8.00. The van der Waals surface area contributed by atoms with Crippen LogP contribution in [0.2, 0.25) is 0 Å². The van der Waals surface area contributed by atoms with Gasteiger partial charge in [0.05, 0.1) is 0 Å². The lowest BCUT2D eigenvalue weighted by molar-refractivity contribution is 0.116. The second-order valence-corrected chi connectivity index (χ2v) is 7.42. The number of rotatable bonds is 7. The van der Waals surface area contributed by atoms with Crippen molar-refractivity contribution in [1.82, 2.24) is 4.90 Å². The average Bonchev–Trinajstić information content (AvgIpc) is 3.20. The molecule has 18 heavy (non-hydrogen) atoms. The van der Waals surface area contributed by atoms with E-state index in [1.165, 1.54) is 64.5 Å².